The number of methoxy groups -OCH3 is 2. The molecule has 1 unspecified atom stereocenters. The number of amides is 1. The fourth-order valence-corrected chi connectivity index (χ4v) is 3.44. The van der Waals surface area contributed by atoms with E-state index in [1.54, 1.807) is 19.1 Å². The van der Waals surface area contributed by atoms with Gasteiger partial charge in [0.15, 0.2) is 11.5 Å². The van der Waals surface area contributed by atoms with Gasteiger partial charge in [0.25, 0.3) is 5.91 Å². The van der Waals surface area contributed by atoms with Crippen LogP contribution in [0, 0.1) is 0 Å². The van der Waals surface area contributed by atoms with Crippen molar-refractivity contribution < 1.29 is 14.3 Å². The quantitative estimate of drug-likeness (QED) is 0.683. The fraction of sp³-hybridized carbons (Fsp3) is 0.391. The Hall–Kier alpha value is -3.02. The number of rotatable bonds is 8. The molecule has 0 saturated heterocycles. The molecule has 1 aliphatic rings. The maximum Gasteiger partial charge on any atom is 0.259 e. The third-order valence-corrected chi connectivity index (χ3v) is 5.06. The van der Waals surface area contributed by atoms with Crippen LogP contribution in [0.4, 0.5) is 5.69 Å². The van der Waals surface area contributed by atoms with Crippen molar-refractivity contribution in [2.75, 3.05) is 32.7 Å². The molecule has 1 heterocycles. The Labute approximate surface area is 172 Å². The van der Waals surface area contributed by atoms with Crippen LogP contribution in [-0.2, 0) is 11.2 Å². The van der Waals surface area contributed by atoms with Gasteiger partial charge in [-0.1, -0.05) is 43.7 Å². The van der Waals surface area contributed by atoms with Crippen LogP contribution in [0.5, 0.6) is 11.5 Å². The van der Waals surface area contributed by atoms with Crippen molar-refractivity contribution in [2.45, 2.75) is 32.2 Å². The molecule has 0 aliphatic carbocycles. The largest absolute Gasteiger partial charge is 0.493 e. The summed E-state index contributed by atoms with van der Waals surface area (Å²) >= 11 is 0. The van der Waals surface area contributed by atoms with Gasteiger partial charge in [0.2, 0.25) is 5.96 Å². The van der Waals surface area contributed by atoms with E-state index in [0.717, 1.165) is 30.6 Å². The molecule has 0 N–H and O–H groups in total. The van der Waals surface area contributed by atoms with Crippen LogP contribution in [0.3, 0.4) is 0 Å². The molecule has 1 aliphatic heterocycles. The Bertz CT molecular complexity index is 867. The number of ether oxygens (including phenoxy) is 2. The molecular weight excluding hydrogens is 366 g/mol. The minimum Gasteiger partial charge on any atom is -0.493 e. The summed E-state index contributed by atoms with van der Waals surface area (Å²) in [5.41, 5.74) is 1.82. The molecule has 2 aromatic rings. The number of hydrogen-bond acceptors (Lipinski definition) is 5. The lowest BCUT2D eigenvalue weighted by Gasteiger charge is -2.27. The normalized spacial score (nSPS) is 16.0. The summed E-state index contributed by atoms with van der Waals surface area (Å²) in [6, 6.07) is 15.1. The van der Waals surface area contributed by atoms with E-state index in [9.17, 15) is 4.79 Å². The predicted octanol–water partition coefficient (Wildman–Crippen LogP) is 3.75. The first kappa shape index (κ1) is 20.7. The van der Waals surface area contributed by atoms with Gasteiger partial charge in [-0.05, 0) is 24.1 Å². The number of guanidine groups is 1. The second kappa shape index (κ2) is 9.45. The van der Waals surface area contributed by atoms with E-state index in [0.29, 0.717) is 23.9 Å². The van der Waals surface area contributed by atoms with Crippen molar-refractivity contribution in [1.29, 1.82) is 0 Å². The summed E-state index contributed by atoms with van der Waals surface area (Å²) in [6.07, 6.45) is 2.69. The van der Waals surface area contributed by atoms with Crippen molar-refractivity contribution >= 4 is 17.6 Å². The molecule has 6 nitrogen and oxygen atoms in total. The Morgan fingerprint density at radius 1 is 1.07 bits per heavy atom. The van der Waals surface area contributed by atoms with E-state index in [4.69, 9.17) is 14.5 Å². The summed E-state index contributed by atoms with van der Waals surface area (Å²) in [4.78, 5) is 21.9. The lowest BCUT2D eigenvalue weighted by Crippen LogP contribution is -2.43. The van der Waals surface area contributed by atoms with E-state index in [1.807, 2.05) is 55.6 Å². The molecule has 0 saturated carbocycles. The van der Waals surface area contributed by atoms with Crippen LogP contribution in [0.25, 0.3) is 0 Å². The first-order chi connectivity index (χ1) is 14.1. The van der Waals surface area contributed by atoms with Crippen molar-refractivity contribution in [3.05, 3.63) is 54.1 Å². The highest BCUT2D eigenvalue weighted by Crippen LogP contribution is 2.34. The summed E-state index contributed by atoms with van der Waals surface area (Å²) < 4.78 is 10.8. The van der Waals surface area contributed by atoms with Crippen molar-refractivity contribution in [1.82, 2.24) is 4.90 Å². The number of nitrogens with zero attached hydrogens (tertiary/aromatic N) is 3. The molecule has 29 heavy (non-hydrogen) atoms. The molecule has 154 valence electrons. The van der Waals surface area contributed by atoms with Crippen LogP contribution in [0.1, 0.15) is 25.3 Å². The van der Waals surface area contributed by atoms with Gasteiger partial charge in [-0.3, -0.25) is 4.79 Å². The minimum absolute atomic E-state index is 0.0283. The lowest BCUT2D eigenvalue weighted by molar-refractivity contribution is -0.118. The second-order valence-electron chi connectivity index (χ2n) is 7.12. The van der Waals surface area contributed by atoms with Crippen LogP contribution < -0.4 is 14.4 Å². The lowest BCUT2D eigenvalue weighted by atomic mass is 10.1. The van der Waals surface area contributed by atoms with Crippen molar-refractivity contribution in [2.24, 2.45) is 4.99 Å². The average molecular weight is 396 g/mol. The van der Waals surface area contributed by atoms with Crippen molar-refractivity contribution in [3.63, 3.8) is 0 Å². The zero-order valence-corrected chi connectivity index (χ0v) is 17.6. The summed E-state index contributed by atoms with van der Waals surface area (Å²) in [5.74, 6) is 1.86. The highest BCUT2D eigenvalue weighted by Gasteiger charge is 2.37. The molecule has 0 radical (unpaired) electrons. The topological polar surface area (TPSA) is 54.4 Å². The third-order valence-electron chi connectivity index (χ3n) is 5.06. The number of carbonyl (C=O) groups excluding carboxylic acids is 1. The van der Waals surface area contributed by atoms with E-state index < -0.39 is 6.04 Å². The van der Waals surface area contributed by atoms with Gasteiger partial charge in [-0.15, -0.1) is 0 Å². The third kappa shape index (κ3) is 4.53. The zero-order chi connectivity index (χ0) is 20.8. The number of carbonyl (C=O) groups is 1. The van der Waals surface area contributed by atoms with Gasteiger partial charge in [0.1, 0.15) is 6.04 Å². The monoisotopic (exact) mass is 395 g/mol. The number of anilines is 1. The first-order valence-electron chi connectivity index (χ1n) is 9.97. The SMILES string of the molecule is CCCCN(C)C1=NC(Cc2ccccc2)C(=O)N1c1ccc(OC)c(OC)c1. The Balaban J connectivity index is 1.94. The second-order valence-corrected chi connectivity index (χ2v) is 7.12. The van der Waals surface area contributed by atoms with E-state index in [1.165, 1.54) is 0 Å². The standard InChI is InChI=1S/C23H29N3O3/c1-5-6-14-25(2)23-24-19(15-17-10-8-7-9-11-17)22(27)26(23)18-12-13-20(28-3)21(16-18)29-4/h7-13,16,19H,5-6,14-15H2,1-4H3. The highest BCUT2D eigenvalue weighted by atomic mass is 16.5. The van der Waals surface area contributed by atoms with Gasteiger partial charge in [-0.2, -0.15) is 0 Å². The maximum absolute atomic E-state index is 13.4. The maximum atomic E-state index is 13.4. The van der Waals surface area contributed by atoms with E-state index in [2.05, 4.69) is 11.8 Å². The summed E-state index contributed by atoms with van der Waals surface area (Å²) in [6.45, 7) is 2.99. The van der Waals surface area contributed by atoms with Gasteiger partial charge >= 0.3 is 0 Å². The van der Waals surface area contributed by atoms with E-state index >= 15 is 0 Å². The van der Waals surface area contributed by atoms with Crippen LogP contribution in [0.15, 0.2) is 53.5 Å². The molecule has 3 rings (SSSR count). The predicted molar refractivity (Wildman–Crippen MR) is 116 cm³/mol. The Morgan fingerprint density at radius 2 is 1.79 bits per heavy atom. The van der Waals surface area contributed by atoms with Gasteiger partial charge in [0, 0.05) is 26.1 Å². The average Bonchev–Trinajstić information content (AvgIpc) is 3.08. The number of unbranched alkanes of at least 4 members (excludes halogenated alkanes) is 1. The van der Waals surface area contributed by atoms with Crippen LogP contribution >= 0.6 is 0 Å². The number of aliphatic imine (C=N–C) groups is 1. The molecule has 0 fully saturated rings. The zero-order valence-electron chi connectivity index (χ0n) is 17.6. The molecule has 1 amide bonds. The molecule has 0 spiro atoms. The first-order valence-corrected chi connectivity index (χ1v) is 9.97. The Morgan fingerprint density at radius 3 is 2.45 bits per heavy atom. The van der Waals surface area contributed by atoms with Crippen molar-refractivity contribution in [3.8, 4) is 11.5 Å². The molecular formula is C23H29N3O3. The smallest absolute Gasteiger partial charge is 0.259 e. The Kier molecular flexibility index (Phi) is 6.75. The molecule has 1 atom stereocenters. The van der Waals surface area contributed by atoms with Gasteiger partial charge in [-0.25, -0.2) is 9.89 Å². The molecule has 0 aromatic heterocycles. The number of hydrogen-bond donors (Lipinski definition) is 0. The minimum atomic E-state index is -0.440. The van der Waals surface area contributed by atoms with Crippen LogP contribution in [0.2, 0.25) is 0 Å². The molecule has 0 bridgehead atoms. The van der Waals surface area contributed by atoms with Gasteiger partial charge < -0.3 is 14.4 Å². The summed E-state index contributed by atoms with van der Waals surface area (Å²) in [7, 11) is 5.17. The fourth-order valence-electron chi connectivity index (χ4n) is 3.44. The number of benzene rings is 2. The van der Waals surface area contributed by atoms with Gasteiger partial charge in [0.05, 0.1) is 19.9 Å². The highest BCUT2D eigenvalue weighted by molar-refractivity contribution is 6.22. The molecule has 2 aromatic carbocycles. The van der Waals surface area contributed by atoms with Crippen LogP contribution in [-0.4, -0.2) is 50.6 Å². The summed E-state index contributed by atoms with van der Waals surface area (Å²) in [5, 5.41) is 0. The van der Waals surface area contributed by atoms with E-state index in [-0.39, 0.29) is 5.91 Å². The molecule has 6 heteroatoms.